The number of rotatable bonds is 2. The Labute approximate surface area is 335 Å². The van der Waals surface area contributed by atoms with E-state index in [0.717, 1.165) is 24.2 Å². The van der Waals surface area contributed by atoms with Gasteiger partial charge in [0, 0.05) is 85.8 Å². The molecule has 0 saturated carbocycles. The van der Waals surface area contributed by atoms with Gasteiger partial charge in [0.2, 0.25) is 0 Å². The van der Waals surface area contributed by atoms with Gasteiger partial charge < -0.3 is 47.4 Å². The van der Waals surface area contributed by atoms with Gasteiger partial charge in [-0.05, 0) is 73.2 Å². The summed E-state index contributed by atoms with van der Waals surface area (Å²) < 4.78 is 39.8. The van der Waals surface area contributed by atoms with Crippen molar-refractivity contribution in [2.75, 3.05) is 79.0 Å². The van der Waals surface area contributed by atoms with E-state index in [1.54, 1.807) is 60.7 Å². The van der Waals surface area contributed by atoms with E-state index < -0.39 is 0 Å². The molecule has 0 aliphatic carbocycles. The zero-order valence-corrected chi connectivity index (χ0v) is 32.4. The second kappa shape index (κ2) is 16.7. The van der Waals surface area contributed by atoms with Gasteiger partial charge in [-0.1, -0.05) is 12.1 Å². The van der Waals surface area contributed by atoms with Crippen molar-refractivity contribution in [1.82, 2.24) is 18.9 Å². The number of carbonyl (C=O) groups excluding carboxylic acids is 2. The number of aromatic nitrogens is 2. The lowest BCUT2D eigenvalue weighted by Gasteiger charge is -2.42. The van der Waals surface area contributed by atoms with Gasteiger partial charge in [0.25, 0.3) is 22.9 Å². The lowest BCUT2D eigenvalue weighted by molar-refractivity contribution is 0.0582. The van der Waals surface area contributed by atoms with E-state index in [2.05, 4.69) is 0 Å². The van der Waals surface area contributed by atoms with E-state index in [9.17, 15) is 19.2 Å². The molecular weight excluding hydrogens is 745 g/mol. The van der Waals surface area contributed by atoms with Crippen LogP contribution in [-0.2, 0) is 22.6 Å². The van der Waals surface area contributed by atoms with Gasteiger partial charge in [-0.15, -0.1) is 0 Å². The number of pyridine rings is 2. The fourth-order valence-corrected chi connectivity index (χ4v) is 9.28. The molecule has 4 bridgehead atoms. The zero-order chi connectivity index (χ0) is 39.6. The van der Waals surface area contributed by atoms with Crippen LogP contribution in [0, 0.1) is 11.8 Å². The van der Waals surface area contributed by atoms with E-state index in [-0.39, 0.29) is 99.5 Å². The summed E-state index contributed by atoms with van der Waals surface area (Å²) >= 11 is 0. The number of hydrogen-bond acceptors (Lipinski definition) is 10. The molecule has 5 aliphatic rings. The maximum atomic E-state index is 13.8. The average molecular weight is 793 g/mol. The van der Waals surface area contributed by atoms with Crippen molar-refractivity contribution in [3.63, 3.8) is 0 Å². The van der Waals surface area contributed by atoms with Gasteiger partial charge >= 0.3 is 0 Å². The molecule has 4 atom stereocenters. The molecule has 2 aromatic heterocycles. The predicted molar refractivity (Wildman–Crippen MR) is 211 cm³/mol. The summed E-state index contributed by atoms with van der Waals surface area (Å²) in [7, 11) is 0. The molecule has 2 fully saturated rings. The Morgan fingerprint density at radius 3 is 1.31 bits per heavy atom. The highest BCUT2D eigenvalue weighted by Crippen LogP contribution is 2.38. The highest BCUT2D eigenvalue weighted by Gasteiger charge is 2.38. The minimum absolute atomic E-state index is 0.0148. The number of nitrogens with zero attached hydrogens (tertiary/aromatic N) is 4. The molecule has 9 rings (SSSR count). The van der Waals surface area contributed by atoms with Gasteiger partial charge in [-0.25, -0.2) is 0 Å². The lowest BCUT2D eigenvalue weighted by atomic mass is 9.83. The van der Waals surface area contributed by atoms with Crippen molar-refractivity contribution >= 4 is 11.8 Å². The Balaban J connectivity index is 0.820. The van der Waals surface area contributed by atoms with Crippen molar-refractivity contribution in [2.24, 2.45) is 11.8 Å². The van der Waals surface area contributed by atoms with E-state index in [1.165, 1.54) is 0 Å². The number of benzene rings is 2. The molecule has 304 valence electrons. The van der Waals surface area contributed by atoms with E-state index >= 15 is 0 Å². The Bertz CT molecular complexity index is 2130. The smallest absolute Gasteiger partial charge is 0.254 e. The SMILES string of the molecule is O=C(c1ccc2c(c1)OCCOCCOc1ccc(C(=O)N3C[C@H]4C[C@@H](C3)c3cccc(=O)n3C4)cc1OCCOCCO2)N1C[C@H]2C[C@@H](C1)c1cccc(=O)n1C2. The second-order valence-corrected chi connectivity index (χ2v) is 15.8. The standard InChI is InChI=1S/C44H48N4O10/c49-41-5-1-3-35-33-19-29(25-47(35)41)23-45(27-33)43(51)31-7-9-37-39(21-31)57-17-13-53-12-16-56-38-10-8-32(22-40(38)58-18-14-54-11-15-55-37)44(52)46-24-30-20-34(28-46)36-4-2-6-42(50)48(36)26-30/h1-10,21-22,29-30,33-34H,11-20,23-28H2/t29-,30-,33+,34+/m1/s1. The van der Waals surface area contributed by atoms with Crippen LogP contribution in [0.2, 0.25) is 0 Å². The number of amides is 2. The molecule has 2 saturated heterocycles. The van der Waals surface area contributed by atoms with E-state index in [1.807, 2.05) is 31.1 Å². The first-order valence-electron chi connectivity index (χ1n) is 20.3. The minimum atomic E-state index is -0.0835. The first kappa shape index (κ1) is 37.9. The zero-order valence-electron chi connectivity index (χ0n) is 32.4. The van der Waals surface area contributed by atoms with Gasteiger partial charge in [0.05, 0.1) is 26.4 Å². The monoisotopic (exact) mass is 792 g/mol. The molecule has 5 aliphatic heterocycles. The summed E-state index contributed by atoms with van der Waals surface area (Å²) in [6, 6.07) is 21.3. The largest absolute Gasteiger partial charge is 0.487 e. The van der Waals surface area contributed by atoms with Crippen LogP contribution < -0.4 is 30.1 Å². The molecule has 58 heavy (non-hydrogen) atoms. The first-order chi connectivity index (χ1) is 28.4. The van der Waals surface area contributed by atoms with Crippen molar-refractivity contribution in [2.45, 2.75) is 37.8 Å². The molecule has 2 amide bonds. The average Bonchev–Trinajstić information content (AvgIpc) is 3.23. The van der Waals surface area contributed by atoms with Crippen molar-refractivity contribution in [3.8, 4) is 23.0 Å². The number of carbonyl (C=O) groups is 2. The van der Waals surface area contributed by atoms with Gasteiger partial charge in [-0.3, -0.25) is 19.2 Å². The molecule has 7 heterocycles. The second-order valence-electron chi connectivity index (χ2n) is 15.8. The van der Waals surface area contributed by atoms with Crippen molar-refractivity contribution < 1.29 is 38.0 Å². The Hall–Kier alpha value is -5.60. The Morgan fingerprint density at radius 1 is 0.466 bits per heavy atom. The summed E-state index contributed by atoms with van der Waals surface area (Å²) in [5.74, 6) is 2.37. The molecular formula is C44H48N4O10. The van der Waals surface area contributed by atoms with Crippen LogP contribution in [0.25, 0.3) is 0 Å². The number of ether oxygens (including phenoxy) is 6. The van der Waals surface area contributed by atoms with Crippen LogP contribution in [0.5, 0.6) is 23.0 Å². The summed E-state index contributed by atoms with van der Waals surface area (Å²) in [6.07, 6.45) is 1.93. The number of fused-ring (bicyclic) bond motifs is 10. The van der Waals surface area contributed by atoms with E-state index in [4.69, 9.17) is 28.4 Å². The fourth-order valence-electron chi connectivity index (χ4n) is 9.28. The molecule has 0 radical (unpaired) electrons. The molecule has 4 aromatic rings. The summed E-state index contributed by atoms with van der Waals surface area (Å²) in [6.45, 7) is 5.53. The highest BCUT2D eigenvalue weighted by atomic mass is 16.6. The molecule has 0 N–H and O–H groups in total. The summed E-state index contributed by atoms with van der Waals surface area (Å²) in [4.78, 5) is 56.4. The Kier molecular flexibility index (Phi) is 10.9. The highest BCUT2D eigenvalue weighted by molar-refractivity contribution is 5.95. The third-order valence-electron chi connectivity index (χ3n) is 11.9. The van der Waals surface area contributed by atoms with Crippen LogP contribution in [-0.4, -0.2) is 110 Å². The molecule has 14 nitrogen and oxygen atoms in total. The van der Waals surface area contributed by atoms with Crippen molar-refractivity contribution in [3.05, 3.63) is 116 Å². The van der Waals surface area contributed by atoms with Crippen LogP contribution in [0.3, 0.4) is 0 Å². The maximum absolute atomic E-state index is 13.8. The third-order valence-corrected chi connectivity index (χ3v) is 11.9. The lowest BCUT2D eigenvalue weighted by Crippen LogP contribution is -2.49. The van der Waals surface area contributed by atoms with Crippen LogP contribution in [0.1, 0.15) is 56.8 Å². The van der Waals surface area contributed by atoms with Gasteiger partial charge in [0.1, 0.15) is 26.4 Å². The Morgan fingerprint density at radius 2 is 0.879 bits per heavy atom. The fraction of sp³-hybridized carbons (Fsp3) is 0.455. The number of likely N-dealkylation sites (tertiary alicyclic amines) is 2. The first-order valence-corrected chi connectivity index (χ1v) is 20.3. The predicted octanol–water partition coefficient (Wildman–Crippen LogP) is 3.79. The van der Waals surface area contributed by atoms with Crippen LogP contribution in [0.4, 0.5) is 0 Å². The third kappa shape index (κ3) is 7.95. The summed E-state index contributed by atoms with van der Waals surface area (Å²) in [5.41, 5.74) is 3.02. The van der Waals surface area contributed by atoms with Gasteiger partial charge in [-0.2, -0.15) is 0 Å². The minimum Gasteiger partial charge on any atom is -0.487 e. The molecule has 2 aromatic carbocycles. The molecule has 0 spiro atoms. The van der Waals surface area contributed by atoms with Crippen LogP contribution >= 0.6 is 0 Å². The van der Waals surface area contributed by atoms with E-state index in [0.29, 0.717) is 73.4 Å². The molecule has 14 heteroatoms. The van der Waals surface area contributed by atoms with Crippen molar-refractivity contribution in [1.29, 1.82) is 0 Å². The van der Waals surface area contributed by atoms with Crippen LogP contribution in [0.15, 0.2) is 82.4 Å². The van der Waals surface area contributed by atoms with Gasteiger partial charge in [0.15, 0.2) is 23.0 Å². The maximum Gasteiger partial charge on any atom is 0.254 e. The quantitative estimate of drug-likeness (QED) is 0.295. The normalized spacial score (nSPS) is 23.4. The number of piperidine rings is 2. The number of hydrogen-bond donors (Lipinski definition) is 0. The molecule has 0 unspecified atom stereocenters. The summed E-state index contributed by atoms with van der Waals surface area (Å²) in [5, 5.41) is 0. The topological polar surface area (TPSA) is 140 Å².